The van der Waals surface area contributed by atoms with Crippen molar-refractivity contribution < 1.29 is 4.79 Å². The minimum Gasteiger partial charge on any atom is -0.298 e. The monoisotopic (exact) mass is 332 g/mol. The fourth-order valence-corrected chi connectivity index (χ4v) is 3.58. The van der Waals surface area contributed by atoms with Crippen LogP contribution in [0.2, 0.25) is 5.02 Å². The van der Waals surface area contributed by atoms with E-state index in [4.69, 9.17) is 11.6 Å². The minimum absolute atomic E-state index is 0.0384. The molecule has 0 amide bonds. The summed E-state index contributed by atoms with van der Waals surface area (Å²) in [6, 6.07) is 7.37. The fraction of sp³-hybridized carbons (Fsp3) is 0.188. The molecule has 0 N–H and O–H groups in total. The van der Waals surface area contributed by atoms with Gasteiger partial charge in [-0.3, -0.25) is 14.2 Å². The lowest BCUT2D eigenvalue weighted by Gasteiger charge is -2.05. The standard InChI is InChI=1S/C16H13ClN2O2S/c1-9(20)7-19-8-18-15-14(16(19)21)13(10(2)22-15)11-3-5-12(17)6-4-11/h3-6,8H,7H2,1-2H3. The average molecular weight is 333 g/mol. The summed E-state index contributed by atoms with van der Waals surface area (Å²) in [6.45, 7) is 3.46. The highest BCUT2D eigenvalue weighted by Crippen LogP contribution is 2.35. The Bertz CT molecular complexity index is 926. The maximum atomic E-state index is 12.7. The summed E-state index contributed by atoms with van der Waals surface area (Å²) in [5, 5.41) is 1.21. The highest BCUT2D eigenvalue weighted by Gasteiger charge is 2.17. The number of nitrogens with zero attached hydrogens (tertiary/aromatic N) is 2. The first-order valence-electron chi connectivity index (χ1n) is 6.71. The summed E-state index contributed by atoms with van der Waals surface area (Å²) < 4.78 is 1.36. The smallest absolute Gasteiger partial charge is 0.263 e. The molecule has 0 aliphatic heterocycles. The molecule has 0 aliphatic rings. The largest absolute Gasteiger partial charge is 0.298 e. The zero-order valence-electron chi connectivity index (χ0n) is 12.1. The SMILES string of the molecule is CC(=O)Cn1cnc2sc(C)c(-c3ccc(Cl)cc3)c2c1=O. The van der Waals surface area contributed by atoms with E-state index in [1.165, 1.54) is 29.2 Å². The van der Waals surface area contributed by atoms with Gasteiger partial charge in [0.25, 0.3) is 5.56 Å². The number of carbonyl (C=O) groups excluding carboxylic acids is 1. The normalized spacial score (nSPS) is 11.0. The summed E-state index contributed by atoms with van der Waals surface area (Å²) in [5.41, 5.74) is 1.61. The van der Waals surface area contributed by atoms with Gasteiger partial charge in [0.2, 0.25) is 0 Å². The molecular weight excluding hydrogens is 320 g/mol. The molecule has 0 fully saturated rings. The number of thiophene rings is 1. The van der Waals surface area contributed by atoms with Crippen molar-refractivity contribution in [1.82, 2.24) is 9.55 Å². The van der Waals surface area contributed by atoms with Crippen molar-refractivity contribution in [2.75, 3.05) is 0 Å². The van der Waals surface area contributed by atoms with Crippen LogP contribution >= 0.6 is 22.9 Å². The third kappa shape index (κ3) is 2.58. The molecule has 0 aliphatic carbocycles. The van der Waals surface area contributed by atoms with Gasteiger partial charge in [-0.15, -0.1) is 11.3 Å². The van der Waals surface area contributed by atoms with Gasteiger partial charge in [0.1, 0.15) is 10.6 Å². The fourth-order valence-electron chi connectivity index (χ4n) is 2.45. The van der Waals surface area contributed by atoms with Crippen molar-refractivity contribution in [2.45, 2.75) is 20.4 Å². The van der Waals surface area contributed by atoms with Crippen molar-refractivity contribution in [3.8, 4) is 11.1 Å². The molecule has 0 atom stereocenters. The molecule has 4 nitrogen and oxygen atoms in total. The Hall–Kier alpha value is -1.98. The maximum absolute atomic E-state index is 12.7. The van der Waals surface area contributed by atoms with E-state index in [2.05, 4.69) is 4.98 Å². The van der Waals surface area contributed by atoms with Crippen molar-refractivity contribution in [3.05, 3.63) is 50.8 Å². The van der Waals surface area contributed by atoms with Gasteiger partial charge in [-0.1, -0.05) is 23.7 Å². The zero-order chi connectivity index (χ0) is 15.9. The van der Waals surface area contributed by atoms with E-state index in [9.17, 15) is 9.59 Å². The van der Waals surface area contributed by atoms with E-state index >= 15 is 0 Å². The predicted molar refractivity (Wildman–Crippen MR) is 89.7 cm³/mol. The molecule has 112 valence electrons. The quantitative estimate of drug-likeness (QED) is 0.735. The molecule has 0 saturated carbocycles. The van der Waals surface area contributed by atoms with E-state index in [1.807, 2.05) is 19.1 Å². The molecule has 1 aromatic carbocycles. The van der Waals surface area contributed by atoms with Crippen molar-refractivity contribution >= 4 is 38.9 Å². The highest BCUT2D eigenvalue weighted by atomic mass is 35.5. The number of ketones is 1. The van der Waals surface area contributed by atoms with Crippen LogP contribution in [0.1, 0.15) is 11.8 Å². The number of halogens is 1. The number of hydrogen-bond acceptors (Lipinski definition) is 4. The van der Waals surface area contributed by atoms with Gasteiger partial charge < -0.3 is 0 Å². The van der Waals surface area contributed by atoms with Crippen LogP contribution in [0, 0.1) is 6.92 Å². The molecule has 3 rings (SSSR count). The second kappa shape index (κ2) is 5.66. The lowest BCUT2D eigenvalue weighted by molar-refractivity contribution is -0.117. The van der Waals surface area contributed by atoms with Gasteiger partial charge in [0.15, 0.2) is 0 Å². The summed E-state index contributed by atoms with van der Waals surface area (Å²) in [4.78, 5) is 30.0. The first kappa shape index (κ1) is 14.9. The van der Waals surface area contributed by atoms with Crippen LogP contribution in [-0.2, 0) is 11.3 Å². The topological polar surface area (TPSA) is 52.0 Å². The van der Waals surface area contributed by atoms with E-state index in [-0.39, 0.29) is 17.9 Å². The molecule has 0 saturated heterocycles. The Morgan fingerprint density at radius 2 is 2.00 bits per heavy atom. The van der Waals surface area contributed by atoms with Gasteiger partial charge in [-0.2, -0.15) is 0 Å². The number of benzene rings is 1. The number of aryl methyl sites for hydroxylation is 1. The first-order valence-corrected chi connectivity index (χ1v) is 7.90. The Kier molecular flexibility index (Phi) is 3.85. The lowest BCUT2D eigenvalue weighted by Crippen LogP contribution is -2.23. The second-order valence-corrected chi connectivity index (χ2v) is 6.74. The number of hydrogen-bond donors (Lipinski definition) is 0. The molecule has 0 spiro atoms. The molecule has 0 unspecified atom stereocenters. The van der Waals surface area contributed by atoms with Gasteiger partial charge >= 0.3 is 0 Å². The number of Topliss-reactive ketones (excluding diaryl/α,β-unsaturated/α-hetero) is 1. The van der Waals surface area contributed by atoms with E-state index in [0.29, 0.717) is 15.2 Å². The first-order chi connectivity index (χ1) is 10.5. The third-order valence-electron chi connectivity index (χ3n) is 3.38. The molecule has 0 bridgehead atoms. The Morgan fingerprint density at radius 1 is 1.32 bits per heavy atom. The molecule has 2 aromatic heterocycles. The minimum atomic E-state index is -0.186. The number of rotatable bonds is 3. The summed E-state index contributed by atoms with van der Waals surface area (Å²) in [5.74, 6) is -0.0803. The van der Waals surface area contributed by atoms with Crippen LogP contribution in [0.15, 0.2) is 35.4 Å². The van der Waals surface area contributed by atoms with Gasteiger partial charge in [0.05, 0.1) is 18.3 Å². The molecule has 2 heterocycles. The van der Waals surface area contributed by atoms with Gasteiger partial charge in [-0.05, 0) is 31.5 Å². The number of carbonyl (C=O) groups is 1. The predicted octanol–water partition coefficient (Wildman–Crippen LogP) is 3.68. The Morgan fingerprint density at radius 3 is 2.64 bits per heavy atom. The molecule has 0 radical (unpaired) electrons. The lowest BCUT2D eigenvalue weighted by atomic mass is 10.0. The molecule has 3 aromatic rings. The number of aromatic nitrogens is 2. The van der Waals surface area contributed by atoms with Crippen LogP contribution in [0.3, 0.4) is 0 Å². The van der Waals surface area contributed by atoms with Crippen LogP contribution in [-0.4, -0.2) is 15.3 Å². The second-order valence-electron chi connectivity index (χ2n) is 5.10. The van der Waals surface area contributed by atoms with Gasteiger partial charge in [0, 0.05) is 15.5 Å². The van der Waals surface area contributed by atoms with Crippen LogP contribution in [0.25, 0.3) is 21.3 Å². The van der Waals surface area contributed by atoms with Gasteiger partial charge in [-0.25, -0.2) is 4.98 Å². The Balaban J connectivity index is 2.29. The van der Waals surface area contributed by atoms with Crippen molar-refractivity contribution in [2.24, 2.45) is 0 Å². The summed E-state index contributed by atoms with van der Waals surface area (Å²) in [6.07, 6.45) is 1.44. The van der Waals surface area contributed by atoms with Crippen molar-refractivity contribution in [3.63, 3.8) is 0 Å². The number of fused-ring (bicyclic) bond motifs is 1. The summed E-state index contributed by atoms with van der Waals surface area (Å²) >= 11 is 7.41. The Labute approximate surface area is 136 Å². The highest BCUT2D eigenvalue weighted by molar-refractivity contribution is 7.19. The van der Waals surface area contributed by atoms with Crippen molar-refractivity contribution in [1.29, 1.82) is 0 Å². The zero-order valence-corrected chi connectivity index (χ0v) is 13.7. The van der Waals surface area contributed by atoms with Crippen LogP contribution in [0.4, 0.5) is 0 Å². The van der Waals surface area contributed by atoms with E-state index < -0.39 is 0 Å². The maximum Gasteiger partial charge on any atom is 0.263 e. The molecular formula is C16H13ClN2O2S. The van der Waals surface area contributed by atoms with E-state index in [1.54, 1.807) is 12.1 Å². The molecule has 22 heavy (non-hydrogen) atoms. The molecule has 6 heteroatoms. The van der Waals surface area contributed by atoms with Crippen LogP contribution < -0.4 is 5.56 Å². The average Bonchev–Trinajstić information content (AvgIpc) is 2.80. The summed E-state index contributed by atoms with van der Waals surface area (Å²) in [7, 11) is 0. The van der Waals surface area contributed by atoms with E-state index in [0.717, 1.165) is 16.0 Å². The van der Waals surface area contributed by atoms with Crippen LogP contribution in [0.5, 0.6) is 0 Å². The third-order valence-corrected chi connectivity index (χ3v) is 4.65.